The van der Waals surface area contributed by atoms with Crippen LogP contribution in [0.25, 0.3) is 0 Å². The Morgan fingerprint density at radius 2 is 2.10 bits per heavy atom. The second-order valence-corrected chi connectivity index (χ2v) is 1.77. The van der Waals surface area contributed by atoms with Crippen molar-refractivity contribution in [2.75, 3.05) is 13.2 Å². The molecule has 0 fully saturated rings. The number of carbonyl (C=O) groups excluding carboxylic acids is 1. The van der Waals surface area contributed by atoms with E-state index in [1.165, 1.54) is 6.92 Å². The minimum absolute atomic E-state index is 0. The molecule has 1 radical (unpaired) electrons. The van der Waals surface area contributed by atoms with Gasteiger partial charge in [-0.15, -0.1) is 0 Å². The van der Waals surface area contributed by atoms with E-state index in [4.69, 9.17) is 5.11 Å². The van der Waals surface area contributed by atoms with Crippen molar-refractivity contribution in [2.24, 2.45) is 0 Å². The third-order valence-electron chi connectivity index (χ3n) is 0.858. The first-order chi connectivity index (χ1) is 4.27. The summed E-state index contributed by atoms with van der Waals surface area (Å²) in [6, 6.07) is 0. The number of carbonyl (C=O) groups is 1. The van der Waals surface area contributed by atoms with Gasteiger partial charge in [0.05, 0.1) is 6.61 Å². The predicted molar refractivity (Wildman–Crippen MR) is 33.0 cm³/mol. The number of hydrogen-bond acceptors (Lipinski definition) is 3. The Morgan fingerprint density at radius 1 is 1.50 bits per heavy atom. The fraction of sp³-hybridized carbons (Fsp3) is 0.833. The molecule has 10 heavy (non-hydrogen) atoms. The maximum atomic E-state index is 10.1. The third kappa shape index (κ3) is 10.8. The SMILES string of the molecule is CC(=O)OCCCCO.[Cu]. The van der Waals surface area contributed by atoms with Gasteiger partial charge in [0, 0.05) is 30.6 Å². The van der Waals surface area contributed by atoms with Crippen molar-refractivity contribution in [3.63, 3.8) is 0 Å². The van der Waals surface area contributed by atoms with Crippen molar-refractivity contribution in [1.82, 2.24) is 0 Å². The van der Waals surface area contributed by atoms with Gasteiger partial charge in [0.2, 0.25) is 0 Å². The largest absolute Gasteiger partial charge is 0.466 e. The third-order valence-corrected chi connectivity index (χ3v) is 0.858. The maximum Gasteiger partial charge on any atom is 0.302 e. The topological polar surface area (TPSA) is 46.5 Å². The van der Waals surface area contributed by atoms with Crippen LogP contribution in [0, 0.1) is 0 Å². The van der Waals surface area contributed by atoms with Crippen LogP contribution in [0.2, 0.25) is 0 Å². The molecule has 3 nitrogen and oxygen atoms in total. The molecule has 0 bridgehead atoms. The van der Waals surface area contributed by atoms with E-state index >= 15 is 0 Å². The van der Waals surface area contributed by atoms with E-state index in [1.807, 2.05) is 0 Å². The molecule has 0 aromatic carbocycles. The van der Waals surface area contributed by atoms with Gasteiger partial charge >= 0.3 is 5.97 Å². The number of hydrogen-bond donors (Lipinski definition) is 1. The summed E-state index contributed by atoms with van der Waals surface area (Å²) >= 11 is 0. The van der Waals surface area contributed by atoms with Crippen LogP contribution in [0.3, 0.4) is 0 Å². The summed E-state index contributed by atoms with van der Waals surface area (Å²) < 4.78 is 4.59. The minimum atomic E-state index is -0.257. The first kappa shape index (κ1) is 12.6. The zero-order valence-corrected chi connectivity index (χ0v) is 6.84. The zero-order chi connectivity index (χ0) is 7.11. The van der Waals surface area contributed by atoms with Crippen LogP contribution >= 0.6 is 0 Å². The van der Waals surface area contributed by atoms with Gasteiger partial charge in [0.15, 0.2) is 0 Å². The number of unbranched alkanes of at least 4 members (excludes halogenated alkanes) is 1. The van der Waals surface area contributed by atoms with Gasteiger partial charge in [0.25, 0.3) is 0 Å². The average molecular weight is 196 g/mol. The van der Waals surface area contributed by atoms with Crippen LogP contribution in [0.1, 0.15) is 19.8 Å². The first-order valence-corrected chi connectivity index (χ1v) is 3.01. The Kier molecular flexibility index (Phi) is 11.3. The van der Waals surface area contributed by atoms with Gasteiger partial charge in [-0.25, -0.2) is 0 Å². The van der Waals surface area contributed by atoms with E-state index in [9.17, 15) is 4.79 Å². The Hall–Kier alpha value is -0.0505. The summed E-state index contributed by atoms with van der Waals surface area (Å²) in [5.74, 6) is -0.257. The molecule has 1 N–H and O–H groups in total. The van der Waals surface area contributed by atoms with E-state index in [1.54, 1.807) is 0 Å². The zero-order valence-electron chi connectivity index (χ0n) is 5.89. The summed E-state index contributed by atoms with van der Waals surface area (Å²) in [6.45, 7) is 1.97. The molecule has 0 heterocycles. The van der Waals surface area contributed by atoms with E-state index < -0.39 is 0 Å². The fourth-order valence-corrected chi connectivity index (χ4v) is 0.430. The van der Waals surface area contributed by atoms with Crippen molar-refractivity contribution >= 4 is 5.97 Å². The summed E-state index contributed by atoms with van der Waals surface area (Å²) in [7, 11) is 0. The molecular formula is C6H12CuO3. The van der Waals surface area contributed by atoms with Crippen LogP contribution in [-0.2, 0) is 26.6 Å². The fourth-order valence-electron chi connectivity index (χ4n) is 0.430. The molecule has 0 aliphatic heterocycles. The second kappa shape index (κ2) is 8.95. The van der Waals surface area contributed by atoms with Crippen molar-refractivity contribution in [3.05, 3.63) is 0 Å². The normalized spacial score (nSPS) is 8.20. The molecule has 0 spiro atoms. The van der Waals surface area contributed by atoms with E-state index in [0.717, 1.165) is 6.42 Å². The average Bonchev–Trinajstić information content (AvgIpc) is 1.80. The molecule has 0 aromatic heterocycles. The molecule has 0 atom stereocenters. The summed E-state index contributed by atoms with van der Waals surface area (Å²) in [5.41, 5.74) is 0. The molecule has 0 aliphatic carbocycles. The van der Waals surface area contributed by atoms with Gasteiger partial charge < -0.3 is 9.84 Å². The molecule has 0 aliphatic rings. The van der Waals surface area contributed by atoms with Crippen LogP contribution < -0.4 is 0 Å². The Balaban J connectivity index is 0. The smallest absolute Gasteiger partial charge is 0.302 e. The van der Waals surface area contributed by atoms with Gasteiger partial charge in [-0.3, -0.25) is 4.79 Å². The second-order valence-electron chi connectivity index (χ2n) is 1.77. The Morgan fingerprint density at radius 3 is 2.50 bits per heavy atom. The maximum absolute atomic E-state index is 10.1. The van der Waals surface area contributed by atoms with E-state index in [0.29, 0.717) is 13.0 Å². The number of aliphatic hydroxyl groups is 1. The van der Waals surface area contributed by atoms with E-state index in [-0.39, 0.29) is 29.6 Å². The van der Waals surface area contributed by atoms with Crippen molar-refractivity contribution in [1.29, 1.82) is 0 Å². The van der Waals surface area contributed by atoms with Gasteiger partial charge in [0.1, 0.15) is 0 Å². The summed E-state index contributed by atoms with van der Waals surface area (Å²) in [4.78, 5) is 10.1. The monoisotopic (exact) mass is 195 g/mol. The first-order valence-electron chi connectivity index (χ1n) is 3.01. The molecule has 0 unspecified atom stereocenters. The van der Waals surface area contributed by atoms with Crippen LogP contribution in [0.4, 0.5) is 0 Å². The Labute approximate surface area is 71.2 Å². The molecule has 0 saturated carbocycles. The standard InChI is InChI=1S/C6H12O3.Cu/c1-6(8)9-5-3-2-4-7;/h7H,2-5H2,1H3;. The van der Waals surface area contributed by atoms with Crippen molar-refractivity contribution in [3.8, 4) is 0 Å². The minimum Gasteiger partial charge on any atom is -0.466 e. The van der Waals surface area contributed by atoms with Crippen LogP contribution in [-0.4, -0.2) is 24.3 Å². The predicted octanol–water partition coefficient (Wildman–Crippen LogP) is 0.320. The van der Waals surface area contributed by atoms with E-state index in [2.05, 4.69) is 4.74 Å². The van der Waals surface area contributed by atoms with Gasteiger partial charge in [-0.2, -0.15) is 0 Å². The molecule has 0 rings (SSSR count). The summed E-state index contributed by atoms with van der Waals surface area (Å²) in [5, 5.41) is 8.29. The number of rotatable bonds is 4. The molecular weight excluding hydrogens is 184 g/mol. The molecule has 0 aromatic rings. The quantitative estimate of drug-likeness (QED) is 0.399. The van der Waals surface area contributed by atoms with Gasteiger partial charge in [-0.1, -0.05) is 0 Å². The molecule has 65 valence electrons. The van der Waals surface area contributed by atoms with Crippen LogP contribution in [0.15, 0.2) is 0 Å². The number of esters is 1. The number of aliphatic hydroxyl groups excluding tert-OH is 1. The number of ether oxygens (including phenoxy) is 1. The van der Waals surface area contributed by atoms with Crippen LogP contribution in [0.5, 0.6) is 0 Å². The summed E-state index contributed by atoms with van der Waals surface area (Å²) in [6.07, 6.45) is 1.45. The van der Waals surface area contributed by atoms with Gasteiger partial charge in [-0.05, 0) is 12.8 Å². The Bertz CT molecular complexity index is 85.1. The molecule has 4 heteroatoms. The molecule has 0 amide bonds. The van der Waals surface area contributed by atoms with Crippen molar-refractivity contribution < 1.29 is 31.7 Å². The molecule has 0 saturated heterocycles. The van der Waals surface area contributed by atoms with Crippen molar-refractivity contribution in [2.45, 2.75) is 19.8 Å².